The van der Waals surface area contributed by atoms with Gasteiger partial charge in [0.1, 0.15) is 59.1 Å². The predicted molar refractivity (Wildman–Crippen MR) is 220 cm³/mol. The molecule has 20 nitrogen and oxygen atoms in total. The second-order valence-electron chi connectivity index (χ2n) is 20.5. The fourth-order valence-electron chi connectivity index (χ4n) is 7.32. The Hall–Kier alpha value is -3.31. The molecule has 2 heterocycles. The first kappa shape index (κ1) is 53.0. The molecule has 7 N–H and O–H groups in total. The number of nitrogens with one attached hydrogen (secondary N) is 2. The van der Waals surface area contributed by atoms with Gasteiger partial charge >= 0.3 is 24.4 Å². The molecular formula is C41H74FN5O15. The number of likely N-dealkylation sites (N-methyl/N-ethyl adjacent to an activating group) is 1. The molecule has 6 unspecified atom stereocenters. The topological polar surface area (TPSA) is 259 Å². The van der Waals surface area contributed by atoms with Crippen molar-refractivity contribution in [2.75, 3.05) is 33.4 Å². The third-order valence-electron chi connectivity index (χ3n) is 9.77. The molecule has 0 spiro atoms. The molecule has 3 aliphatic rings. The van der Waals surface area contributed by atoms with E-state index in [1.165, 1.54) is 18.9 Å². The third-order valence-corrected chi connectivity index (χ3v) is 9.77. The van der Waals surface area contributed by atoms with Crippen LogP contribution in [0.15, 0.2) is 0 Å². The Balaban J connectivity index is 2.00. The second-order valence-corrected chi connectivity index (χ2v) is 20.5. The van der Waals surface area contributed by atoms with Crippen molar-refractivity contribution >= 4 is 24.4 Å². The van der Waals surface area contributed by atoms with Crippen molar-refractivity contribution in [3.05, 3.63) is 0 Å². The number of carbonyl (C=O) groups is 4. The fourth-order valence-corrected chi connectivity index (χ4v) is 7.32. The van der Waals surface area contributed by atoms with Crippen LogP contribution in [-0.2, 0) is 37.9 Å². The van der Waals surface area contributed by atoms with E-state index in [0.29, 0.717) is 0 Å². The van der Waals surface area contributed by atoms with Crippen molar-refractivity contribution in [2.45, 2.75) is 205 Å². The molecule has 2 aliphatic heterocycles. The number of aliphatic hydroxyl groups excluding tert-OH is 2. The molecule has 62 heavy (non-hydrogen) atoms. The largest absolute Gasteiger partial charge is 0.444 e. The number of ether oxygens (including phenoxy) is 8. The third kappa shape index (κ3) is 16.0. The highest BCUT2D eigenvalue weighted by Gasteiger charge is 2.54. The number of aliphatic hydroxyl groups is 3. The van der Waals surface area contributed by atoms with E-state index in [-0.39, 0.29) is 32.4 Å². The van der Waals surface area contributed by atoms with Gasteiger partial charge in [0.05, 0.1) is 43.9 Å². The van der Waals surface area contributed by atoms with E-state index in [1.807, 2.05) is 0 Å². The summed E-state index contributed by atoms with van der Waals surface area (Å²) in [5.74, 6) is 0. The van der Waals surface area contributed by atoms with Crippen LogP contribution in [0.1, 0.15) is 109 Å². The molecule has 0 aromatic carbocycles. The number of hydrogen-bond acceptors (Lipinski definition) is 16. The molecule has 0 aromatic rings. The van der Waals surface area contributed by atoms with Gasteiger partial charge in [-0.05, 0) is 109 Å². The molecule has 2 saturated heterocycles. The van der Waals surface area contributed by atoms with Crippen molar-refractivity contribution in [1.82, 2.24) is 20.4 Å². The maximum Gasteiger partial charge on any atom is 0.410 e. The van der Waals surface area contributed by atoms with E-state index in [2.05, 4.69) is 10.6 Å². The SMILES string of the molecule is CN(C(=O)OC(C)(C)C)[C@@H]1C(O)[C@@H](OC2C(O)C(O[C@H]3O[C@H](CN(CCF)C(=O)OC(C)(C)C)CCC3NC(=O)OC(C)(C)C)[C@@H](NC(=O)OC(C)(C)C)C[C@H]2N)OCC1(C)O. The van der Waals surface area contributed by atoms with Crippen LogP contribution in [0.2, 0.25) is 0 Å². The van der Waals surface area contributed by atoms with Gasteiger partial charge in [0.15, 0.2) is 12.6 Å². The minimum atomic E-state index is -1.78. The smallest absolute Gasteiger partial charge is 0.410 e. The number of carbonyl (C=O) groups excluding carboxylic acids is 4. The van der Waals surface area contributed by atoms with E-state index in [0.717, 1.165) is 4.90 Å². The van der Waals surface area contributed by atoms with Crippen molar-refractivity contribution in [3.8, 4) is 0 Å². The number of nitrogens with two attached hydrogens (primary N) is 1. The van der Waals surface area contributed by atoms with E-state index in [9.17, 15) is 38.9 Å². The number of amides is 4. The average Bonchev–Trinajstić information content (AvgIpc) is 3.06. The molecule has 1 aliphatic carbocycles. The molecule has 21 heteroatoms. The highest BCUT2D eigenvalue weighted by atomic mass is 19.1. The summed E-state index contributed by atoms with van der Waals surface area (Å²) in [5, 5.41) is 40.5. The lowest BCUT2D eigenvalue weighted by molar-refractivity contribution is -0.314. The zero-order chi connectivity index (χ0) is 47.3. The maximum absolute atomic E-state index is 13.7. The Morgan fingerprint density at radius 2 is 1.26 bits per heavy atom. The Morgan fingerprint density at radius 1 is 0.758 bits per heavy atom. The van der Waals surface area contributed by atoms with Gasteiger partial charge in [0.25, 0.3) is 0 Å². The second kappa shape index (κ2) is 20.7. The number of alkyl halides is 1. The summed E-state index contributed by atoms with van der Waals surface area (Å²) < 4.78 is 60.6. The van der Waals surface area contributed by atoms with Crippen molar-refractivity contribution in [2.24, 2.45) is 5.73 Å². The predicted octanol–water partition coefficient (Wildman–Crippen LogP) is 3.05. The van der Waals surface area contributed by atoms with Crippen LogP contribution in [-0.4, -0.2) is 178 Å². The van der Waals surface area contributed by atoms with E-state index < -0.39 is 133 Å². The van der Waals surface area contributed by atoms with Gasteiger partial charge in [-0.3, -0.25) is 0 Å². The fraction of sp³-hybridized carbons (Fsp3) is 0.902. The Bertz CT molecular complexity index is 1510. The highest BCUT2D eigenvalue weighted by molar-refractivity contribution is 5.69. The van der Waals surface area contributed by atoms with Crippen LogP contribution in [0.3, 0.4) is 0 Å². The van der Waals surface area contributed by atoms with Crippen LogP contribution in [0.5, 0.6) is 0 Å². The Kier molecular flexibility index (Phi) is 17.7. The molecule has 360 valence electrons. The van der Waals surface area contributed by atoms with Gasteiger partial charge in [0, 0.05) is 13.1 Å². The van der Waals surface area contributed by atoms with E-state index in [4.69, 9.17) is 43.6 Å². The maximum atomic E-state index is 13.7. The van der Waals surface area contributed by atoms with Gasteiger partial charge in [-0.15, -0.1) is 0 Å². The normalized spacial score (nSPS) is 32.2. The molecule has 3 fully saturated rings. The van der Waals surface area contributed by atoms with Gasteiger partial charge in [-0.25, -0.2) is 23.6 Å². The average molecular weight is 896 g/mol. The summed E-state index contributed by atoms with van der Waals surface area (Å²) in [6.45, 7) is 19.8. The molecule has 0 aromatic heterocycles. The summed E-state index contributed by atoms with van der Waals surface area (Å²) in [7, 11) is 1.35. The Morgan fingerprint density at radius 3 is 1.77 bits per heavy atom. The van der Waals surface area contributed by atoms with E-state index in [1.54, 1.807) is 83.1 Å². The summed E-state index contributed by atoms with van der Waals surface area (Å²) in [6.07, 6.45) is -12.8. The lowest BCUT2D eigenvalue weighted by Gasteiger charge is -2.50. The molecule has 0 radical (unpaired) electrons. The minimum absolute atomic E-state index is 0.101. The van der Waals surface area contributed by atoms with Crippen LogP contribution < -0.4 is 16.4 Å². The molecule has 4 amide bonds. The number of hydrogen-bond donors (Lipinski definition) is 6. The molecular weight excluding hydrogens is 821 g/mol. The van der Waals surface area contributed by atoms with Crippen molar-refractivity contribution in [1.29, 1.82) is 0 Å². The number of alkyl carbamates (subject to hydrolysis) is 2. The van der Waals surface area contributed by atoms with Crippen LogP contribution in [0.4, 0.5) is 23.6 Å². The van der Waals surface area contributed by atoms with E-state index >= 15 is 0 Å². The van der Waals surface area contributed by atoms with Gasteiger partial charge in [-0.2, -0.15) is 0 Å². The summed E-state index contributed by atoms with van der Waals surface area (Å²) in [4.78, 5) is 54.7. The standard InChI is InChI=1S/C41H74FN5O15/c1-37(2,3)59-33(50)44-24-16-15-22(20-47(18-17-42)36(53)62-40(10,11)12)56-31(24)58-29-25(45-34(51)60-38(4,5)6)19-23(43)28(26(29)48)57-32-27(49)30(41(13,54)21-55-32)46(14)35(52)61-39(7,8)9/h22-32,48-49,54H,15-21,43H2,1-14H3,(H,44,50)(H,45,51)/t22-,23+,24?,25-,26?,27?,28?,29?,30+,31+,32+,41?/m0/s1. The first-order chi connectivity index (χ1) is 28.2. The van der Waals surface area contributed by atoms with Crippen LogP contribution in [0.25, 0.3) is 0 Å². The first-order valence-electron chi connectivity index (χ1n) is 21.1. The molecule has 0 bridgehead atoms. The lowest BCUT2D eigenvalue weighted by Crippen LogP contribution is -2.70. The summed E-state index contributed by atoms with van der Waals surface area (Å²) in [6, 6.07) is -4.36. The molecule has 12 atom stereocenters. The Labute approximate surface area is 364 Å². The van der Waals surface area contributed by atoms with Gasteiger partial charge < -0.3 is 79.4 Å². The summed E-state index contributed by atoms with van der Waals surface area (Å²) in [5.41, 5.74) is 1.30. The zero-order valence-corrected chi connectivity index (χ0v) is 38.9. The van der Waals surface area contributed by atoms with Gasteiger partial charge in [0.2, 0.25) is 0 Å². The monoisotopic (exact) mass is 896 g/mol. The van der Waals surface area contributed by atoms with Crippen LogP contribution in [0, 0.1) is 0 Å². The highest BCUT2D eigenvalue weighted by Crippen LogP contribution is 2.35. The summed E-state index contributed by atoms with van der Waals surface area (Å²) >= 11 is 0. The lowest BCUT2D eigenvalue weighted by atomic mass is 9.83. The van der Waals surface area contributed by atoms with Crippen molar-refractivity contribution in [3.63, 3.8) is 0 Å². The molecule has 1 saturated carbocycles. The first-order valence-corrected chi connectivity index (χ1v) is 21.1. The van der Waals surface area contributed by atoms with Crippen LogP contribution >= 0.6 is 0 Å². The minimum Gasteiger partial charge on any atom is -0.444 e. The number of rotatable bonds is 11. The number of nitrogens with zero attached hydrogens (tertiary/aromatic N) is 2. The van der Waals surface area contributed by atoms with Crippen molar-refractivity contribution < 1.29 is 76.8 Å². The quantitative estimate of drug-likeness (QED) is 0.163. The zero-order valence-electron chi connectivity index (χ0n) is 38.9. The molecule has 3 rings (SSSR count). The number of halogens is 1. The van der Waals surface area contributed by atoms with Gasteiger partial charge in [-0.1, -0.05) is 0 Å².